The molecule has 1 atom stereocenters. The van der Waals surface area contributed by atoms with Crippen LogP contribution in [0.15, 0.2) is 131 Å². The Labute approximate surface area is 223 Å². The minimum absolute atomic E-state index is 0.275. The normalized spacial score (nSPS) is 18.3. The highest BCUT2D eigenvalue weighted by atomic mass is 32.2. The molecule has 0 aromatic heterocycles. The van der Waals surface area contributed by atoms with E-state index >= 15 is 0 Å². The summed E-state index contributed by atoms with van der Waals surface area (Å²) in [5, 5.41) is 0.690. The minimum Gasteiger partial charge on any atom is -0.259 e. The second-order valence-electron chi connectivity index (χ2n) is 8.96. The first-order chi connectivity index (χ1) is 18.0. The highest BCUT2D eigenvalue weighted by Gasteiger charge is 2.39. The van der Waals surface area contributed by atoms with E-state index in [1.165, 1.54) is 0 Å². The van der Waals surface area contributed by atoms with Gasteiger partial charge in [0.05, 0.1) is 22.3 Å². The Balaban J connectivity index is 1.68. The van der Waals surface area contributed by atoms with E-state index < -0.39 is 10.0 Å². The smallest absolute Gasteiger partial charge is 0.259 e. The second-order valence-corrected chi connectivity index (χ2v) is 11.8. The van der Waals surface area contributed by atoms with E-state index in [1.54, 1.807) is 28.2 Å². The fourth-order valence-corrected chi connectivity index (χ4v) is 7.22. The molecule has 0 spiro atoms. The molecule has 4 aromatic rings. The summed E-state index contributed by atoms with van der Waals surface area (Å²) in [4.78, 5) is 5.19. The van der Waals surface area contributed by atoms with Gasteiger partial charge in [-0.15, -0.1) is 11.8 Å². The Hall–Kier alpha value is -3.61. The van der Waals surface area contributed by atoms with Crippen molar-refractivity contribution in [3.8, 4) is 0 Å². The molecule has 37 heavy (non-hydrogen) atoms. The Morgan fingerprint density at radius 1 is 0.838 bits per heavy atom. The molecule has 1 saturated heterocycles. The summed E-state index contributed by atoms with van der Waals surface area (Å²) in [6.07, 6.45) is 2.54. The van der Waals surface area contributed by atoms with Crippen molar-refractivity contribution in [3.05, 3.63) is 138 Å². The molecule has 0 bridgehead atoms. The van der Waals surface area contributed by atoms with Crippen molar-refractivity contribution in [3.63, 3.8) is 0 Å². The Kier molecular flexibility index (Phi) is 7.58. The molecule has 0 amide bonds. The van der Waals surface area contributed by atoms with E-state index in [-0.39, 0.29) is 10.9 Å². The van der Waals surface area contributed by atoms with Gasteiger partial charge in [-0.25, -0.2) is 13.4 Å². The number of hydrogen-bond acceptors (Lipinski definition) is 4. The first-order valence-electron chi connectivity index (χ1n) is 12.2. The average Bonchev–Trinajstić information content (AvgIpc) is 2.92. The summed E-state index contributed by atoms with van der Waals surface area (Å²) in [6.45, 7) is 1.96. The Morgan fingerprint density at radius 3 is 2.08 bits per heavy atom. The van der Waals surface area contributed by atoms with Crippen molar-refractivity contribution in [2.75, 3.05) is 5.75 Å². The maximum Gasteiger partial charge on any atom is 0.264 e. The second kappa shape index (κ2) is 11.2. The van der Waals surface area contributed by atoms with Crippen LogP contribution in [0.3, 0.4) is 0 Å². The maximum atomic E-state index is 14.3. The molecule has 0 saturated carbocycles. The number of nitrogens with zero attached hydrogens (tertiary/aromatic N) is 2. The lowest BCUT2D eigenvalue weighted by atomic mass is 10.1. The number of hydrogen-bond donors (Lipinski definition) is 0. The van der Waals surface area contributed by atoms with Gasteiger partial charge in [0.25, 0.3) is 10.0 Å². The topological polar surface area (TPSA) is 49.7 Å². The first kappa shape index (κ1) is 25.1. The fourth-order valence-electron chi connectivity index (χ4n) is 4.33. The highest BCUT2D eigenvalue weighted by Crippen LogP contribution is 2.37. The zero-order valence-corrected chi connectivity index (χ0v) is 22.2. The van der Waals surface area contributed by atoms with E-state index in [4.69, 9.17) is 4.99 Å². The quantitative estimate of drug-likeness (QED) is 0.270. The van der Waals surface area contributed by atoms with Crippen molar-refractivity contribution < 1.29 is 8.42 Å². The zero-order valence-electron chi connectivity index (χ0n) is 20.6. The number of rotatable bonds is 6. The van der Waals surface area contributed by atoms with E-state index in [2.05, 4.69) is 12.1 Å². The van der Waals surface area contributed by atoms with Crippen LogP contribution in [0.1, 0.15) is 16.7 Å². The number of aliphatic imine (C=N–C) groups is 1. The van der Waals surface area contributed by atoms with Crippen molar-refractivity contribution >= 4 is 38.6 Å². The molecule has 4 nitrogen and oxygen atoms in total. The predicted molar refractivity (Wildman–Crippen MR) is 155 cm³/mol. The minimum atomic E-state index is -3.87. The highest BCUT2D eigenvalue weighted by molar-refractivity contribution is 8.14. The van der Waals surface area contributed by atoms with Crippen molar-refractivity contribution in [2.45, 2.75) is 24.3 Å². The first-order valence-corrected chi connectivity index (χ1v) is 14.6. The van der Waals surface area contributed by atoms with Gasteiger partial charge in [0, 0.05) is 5.75 Å². The molecule has 0 aliphatic carbocycles. The lowest BCUT2D eigenvalue weighted by Crippen LogP contribution is -2.47. The van der Waals surface area contributed by atoms with Crippen LogP contribution in [-0.4, -0.2) is 29.6 Å². The molecule has 1 aliphatic heterocycles. The molecular formula is C31H28N2O2S2. The van der Waals surface area contributed by atoms with Crippen LogP contribution in [0.4, 0.5) is 5.69 Å². The standard InChI is InChI=1S/C31H28N2O2S2/c1-24-17-19-29(20-18-24)37(34,35)33-28(21-25-11-5-2-6-12-25)23-36-31(32-27-15-9-4-10-16-27)30(33)22-26-13-7-3-8-14-26/h2-20,22,28H,21,23H2,1H3/b30-22-,32-31?. The average molecular weight is 525 g/mol. The van der Waals surface area contributed by atoms with Gasteiger partial charge in [0.1, 0.15) is 5.04 Å². The molecule has 1 heterocycles. The van der Waals surface area contributed by atoms with Gasteiger partial charge in [-0.1, -0.05) is 96.6 Å². The number of sulfonamides is 1. The third-order valence-electron chi connectivity index (χ3n) is 6.18. The van der Waals surface area contributed by atoms with Crippen LogP contribution < -0.4 is 0 Å². The third-order valence-corrected chi connectivity index (χ3v) is 9.19. The van der Waals surface area contributed by atoms with E-state index in [1.807, 2.05) is 104 Å². The summed E-state index contributed by atoms with van der Waals surface area (Å²) in [5.74, 6) is 0.595. The Bertz CT molecular complexity index is 1500. The van der Waals surface area contributed by atoms with E-state index in [0.29, 0.717) is 22.9 Å². The summed E-state index contributed by atoms with van der Waals surface area (Å²) in [6, 6.07) is 36.4. The predicted octanol–water partition coefficient (Wildman–Crippen LogP) is 7.12. The summed E-state index contributed by atoms with van der Waals surface area (Å²) in [7, 11) is -3.87. The number of benzene rings is 4. The van der Waals surface area contributed by atoms with Crippen LogP contribution in [-0.2, 0) is 16.4 Å². The van der Waals surface area contributed by atoms with Gasteiger partial charge >= 0.3 is 0 Å². The molecule has 1 unspecified atom stereocenters. The van der Waals surface area contributed by atoms with E-state index in [9.17, 15) is 8.42 Å². The van der Waals surface area contributed by atoms with Crippen LogP contribution >= 0.6 is 11.8 Å². The van der Waals surface area contributed by atoms with Gasteiger partial charge < -0.3 is 0 Å². The molecule has 6 heteroatoms. The number of thioether (sulfide) groups is 1. The van der Waals surface area contributed by atoms with Crippen LogP contribution in [0, 0.1) is 6.92 Å². The molecule has 186 valence electrons. The van der Waals surface area contributed by atoms with Crippen LogP contribution in [0.25, 0.3) is 6.08 Å². The monoisotopic (exact) mass is 524 g/mol. The lowest BCUT2D eigenvalue weighted by molar-refractivity contribution is 0.410. The van der Waals surface area contributed by atoms with Crippen molar-refractivity contribution in [1.82, 2.24) is 4.31 Å². The van der Waals surface area contributed by atoms with Crippen LogP contribution in [0.5, 0.6) is 0 Å². The summed E-state index contributed by atoms with van der Waals surface area (Å²) < 4.78 is 30.2. The van der Waals surface area contributed by atoms with Crippen LogP contribution in [0.2, 0.25) is 0 Å². The largest absolute Gasteiger partial charge is 0.264 e. The summed E-state index contributed by atoms with van der Waals surface area (Å²) in [5.41, 5.74) is 4.41. The Morgan fingerprint density at radius 2 is 1.43 bits per heavy atom. The van der Waals surface area contributed by atoms with Gasteiger partial charge in [0.2, 0.25) is 0 Å². The maximum absolute atomic E-state index is 14.3. The van der Waals surface area contributed by atoms with Crippen molar-refractivity contribution in [2.24, 2.45) is 4.99 Å². The summed E-state index contributed by atoms with van der Waals surface area (Å²) >= 11 is 1.61. The molecule has 1 aliphatic rings. The molecule has 5 rings (SSSR count). The number of aryl methyl sites for hydroxylation is 1. The van der Waals surface area contributed by atoms with Gasteiger partial charge in [-0.05, 0) is 54.8 Å². The molecule has 1 fully saturated rings. The molecule has 4 aromatic carbocycles. The molecular weight excluding hydrogens is 496 g/mol. The zero-order chi connectivity index (χ0) is 25.7. The molecule has 0 N–H and O–H groups in total. The van der Waals surface area contributed by atoms with Gasteiger partial charge in [-0.3, -0.25) is 4.31 Å². The lowest BCUT2D eigenvalue weighted by Gasteiger charge is -2.38. The SMILES string of the molecule is Cc1ccc(S(=O)(=O)N2/C(=C\c3ccccc3)C(=Nc3ccccc3)SCC2Cc2ccccc2)cc1. The van der Waals surface area contributed by atoms with Crippen molar-refractivity contribution in [1.29, 1.82) is 0 Å². The molecule has 0 radical (unpaired) electrons. The van der Waals surface area contributed by atoms with Gasteiger partial charge in [0.15, 0.2) is 0 Å². The number of para-hydroxylation sites is 1. The third kappa shape index (κ3) is 5.87. The fraction of sp³-hybridized carbons (Fsp3) is 0.129. The van der Waals surface area contributed by atoms with Gasteiger partial charge in [-0.2, -0.15) is 0 Å². The van der Waals surface area contributed by atoms with E-state index in [0.717, 1.165) is 22.4 Å².